The minimum atomic E-state index is -3.72. The Morgan fingerprint density at radius 1 is 1.00 bits per heavy atom. The Balaban J connectivity index is 2.01. The summed E-state index contributed by atoms with van der Waals surface area (Å²) in [5, 5.41) is 14.3. The quantitative estimate of drug-likeness (QED) is 0.728. The van der Waals surface area contributed by atoms with Gasteiger partial charge in [-0.25, -0.2) is 18.4 Å². The van der Waals surface area contributed by atoms with E-state index in [1.807, 2.05) is 31.2 Å². The van der Waals surface area contributed by atoms with Crippen LogP contribution in [0.4, 0.5) is 0 Å². The first-order chi connectivity index (χ1) is 11.8. The third kappa shape index (κ3) is 3.63. The molecule has 2 aromatic carbocycles. The summed E-state index contributed by atoms with van der Waals surface area (Å²) in [5.74, 6) is -0.936. The van der Waals surface area contributed by atoms with Crippen molar-refractivity contribution >= 4 is 27.3 Å². The molecule has 1 heterocycles. The number of primary sulfonamides is 1. The van der Waals surface area contributed by atoms with E-state index in [2.05, 4.69) is 0 Å². The molecular formula is C18H15NO4S2. The number of sulfonamides is 1. The molecule has 0 amide bonds. The van der Waals surface area contributed by atoms with Gasteiger partial charge >= 0.3 is 5.97 Å². The van der Waals surface area contributed by atoms with Crippen molar-refractivity contribution in [2.75, 3.05) is 0 Å². The summed E-state index contributed by atoms with van der Waals surface area (Å²) in [6, 6.07) is 15.7. The Hall–Kier alpha value is -2.48. The fourth-order valence-corrected chi connectivity index (χ4v) is 4.07. The molecule has 0 aliphatic rings. The molecule has 3 aromatic rings. The molecule has 0 aliphatic carbocycles. The number of thiophene rings is 1. The van der Waals surface area contributed by atoms with Crippen molar-refractivity contribution in [3.05, 3.63) is 65.0 Å². The fourth-order valence-electron chi connectivity index (χ4n) is 2.55. The third-order valence-corrected chi connectivity index (χ3v) is 5.97. The van der Waals surface area contributed by atoms with Gasteiger partial charge in [0.15, 0.2) is 0 Å². The van der Waals surface area contributed by atoms with Gasteiger partial charge in [0.25, 0.3) is 0 Å². The second-order valence-corrected chi connectivity index (χ2v) is 8.19. The van der Waals surface area contributed by atoms with Gasteiger partial charge in [-0.2, -0.15) is 0 Å². The first-order valence-corrected chi connectivity index (χ1v) is 9.69. The summed E-state index contributed by atoms with van der Waals surface area (Å²) < 4.78 is 22.7. The van der Waals surface area contributed by atoms with Gasteiger partial charge in [0.2, 0.25) is 10.0 Å². The second kappa shape index (κ2) is 6.44. The highest BCUT2D eigenvalue weighted by Gasteiger charge is 2.13. The molecule has 0 bridgehead atoms. The predicted molar refractivity (Wildman–Crippen MR) is 98.3 cm³/mol. The van der Waals surface area contributed by atoms with Crippen LogP contribution in [0.1, 0.15) is 15.2 Å². The van der Waals surface area contributed by atoms with Crippen molar-refractivity contribution in [3.63, 3.8) is 0 Å². The Bertz CT molecular complexity index is 1050. The maximum atomic E-state index is 11.3. The van der Waals surface area contributed by atoms with E-state index >= 15 is 0 Å². The second-order valence-electron chi connectivity index (χ2n) is 5.58. The van der Waals surface area contributed by atoms with Crippen LogP contribution < -0.4 is 5.14 Å². The van der Waals surface area contributed by atoms with E-state index in [0.29, 0.717) is 4.88 Å². The Labute approximate surface area is 149 Å². The molecule has 0 aliphatic heterocycles. The lowest BCUT2D eigenvalue weighted by Gasteiger charge is -2.06. The molecule has 7 heteroatoms. The zero-order chi connectivity index (χ0) is 18.2. The van der Waals surface area contributed by atoms with E-state index in [4.69, 9.17) is 10.2 Å². The number of aryl methyl sites for hydroxylation is 1. The number of carbonyl (C=O) groups is 1. The number of carboxylic acids is 1. The lowest BCUT2D eigenvalue weighted by Crippen LogP contribution is -2.11. The van der Waals surface area contributed by atoms with Crippen molar-refractivity contribution in [2.45, 2.75) is 11.8 Å². The van der Waals surface area contributed by atoms with Gasteiger partial charge in [-0.15, -0.1) is 11.3 Å². The van der Waals surface area contributed by atoms with Crippen molar-refractivity contribution in [1.29, 1.82) is 0 Å². The smallest absolute Gasteiger partial charge is 0.345 e. The van der Waals surface area contributed by atoms with Crippen LogP contribution in [-0.2, 0) is 10.0 Å². The van der Waals surface area contributed by atoms with E-state index in [-0.39, 0.29) is 4.90 Å². The maximum absolute atomic E-state index is 11.3. The van der Waals surface area contributed by atoms with Gasteiger partial charge < -0.3 is 5.11 Å². The number of nitrogens with two attached hydrogens (primary N) is 1. The molecule has 3 rings (SSSR count). The first kappa shape index (κ1) is 17.3. The van der Waals surface area contributed by atoms with Crippen LogP contribution in [-0.4, -0.2) is 19.5 Å². The molecule has 0 fully saturated rings. The molecule has 3 N–H and O–H groups in total. The normalized spacial score (nSPS) is 11.4. The fraction of sp³-hybridized carbons (Fsp3) is 0.0556. The van der Waals surface area contributed by atoms with Crippen molar-refractivity contribution in [3.8, 4) is 21.6 Å². The highest BCUT2D eigenvalue weighted by Crippen LogP contribution is 2.34. The van der Waals surface area contributed by atoms with Gasteiger partial charge in [0, 0.05) is 4.88 Å². The minimum absolute atomic E-state index is 0.0626. The van der Waals surface area contributed by atoms with Crippen LogP contribution in [0, 0.1) is 6.92 Å². The summed E-state index contributed by atoms with van der Waals surface area (Å²) in [5.41, 5.74) is 3.58. The van der Waals surface area contributed by atoms with Gasteiger partial charge in [-0.1, -0.05) is 30.3 Å². The highest BCUT2D eigenvalue weighted by atomic mass is 32.2. The Morgan fingerprint density at radius 3 is 2.20 bits per heavy atom. The summed E-state index contributed by atoms with van der Waals surface area (Å²) in [4.78, 5) is 12.4. The summed E-state index contributed by atoms with van der Waals surface area (Å²) in [7, 11) is -3.72. The van der Waals surface area contributed by atoms with Crippen LogP contribution in [0.3, 0.4) is 0 Å². The zero-order valence-electron chi connectivity index (χ0n) is 13.3. The van der Waals surface area contributed by atoms with Gasteiger partial charge in [-0.05, 0) is 53.4 Å². The molecule has 5 nitrogen and oxygen atoms in total. The number of rotatable bonds is 4. The standard InChI is InChI=1S/C18H15NO4S2/c1-11-9-16(18(20)21)24-17(11)14-4-2-3-13(10-14)12-5-7-15(8-6-12)25(19,22)23/h2-10H,1H3,(H,20,21)(H2,19,22,23). The summed E-state index contributed by atoms with van der Waals surface area (Å²) >= 11 is 1.24. The van der Waals surface area contributed by atoms with Gasteiger partial charge in [0.05, 0.1) is 4.90 Å². The first-order valence-electron chi connectivity index (χ1n) is 7.33. The molecule has 0 atom stereocenters. The third-order valence-electron chi connectivity index (χ3n) is 3.77. The van der Waals surface area contributed by atoms with E-state index in [1.165, 1.54) is 23.5 Å². The number of benzene rings is 2. The van der Waals surface area contributed by atoms with Crippen LogP contribution in [0.5, 0.6) is 0 Å². The van der Waals surface area contributed by atoms with E-state index in [9.17, 15) is 13.2 Å². The SMILES string of the molecule is Cc1cc(C(=O)O)sc1-c1cccc(-c2ccc(S(N)(=O)=O)cc2)c1. The minimum Gasteiger partial charge on any atom is -0.477 e. The predicted octanol–water partition coefficient (Wildman–Crippen LogP) is 3.74. The highest BCUT2D eigenvalue weighted by molar-refractivity contribution is 7.89. The van der Waals surface area contributed by atoms with Gasteiger partial charge in [0.1, 0.15) is 4.88 Å². The van der Waals surface area contributed by atoms with Crippen LogP contribution in [0.15, 0.2) is 59.5 Å². The topological polar surface area (TPSA) is 97.5 Å². The molecule has 1 aromatic heterocycles. The zero-order valence-corrected chi connectivity index (χ0v) is 14.9. The van der Waals surface area contributed by atoms with Crippen molar-refractivity contribution in [1.82, 2.24) is 0 Å². The molecule has 0 saturated heterocycles. The van der Waals surface area contributed by atoms with E-state index in [0.717, 1.165) is 27.1 Å². The summed E-state index contributed by atoms with van der Waals surface area (Å²) in [6.45, 7) is 1.88. The number of hydrogen-bond acceptors (Lipinski definition) is 4. The molecule has 0 radical (unpaired) electrons. The van der Waals surface area contributed by atoms with E-state index in [1.54, 1.807) is 18.2 Å². The number of aromatic carboxylic acids is 1. The number of hydrogen-bond donors (Lipinski definition) is 2. The van der Waals surface area contributed by atoms with Crippen LogP contribution >= 0.6 is 11.3 Å². The monoisotopic (exact) mass is 373 g/mol. The number of carboxylic acid groups (broad SMARTS) is 1. The van der Waals surface area contributed by atoms with Crippen molar-refractivity contribution in [2.24, 2.45) is 5.14 Å². The maximum Gasteiger partial charge on any atom is 0.345 e. The Kier molecular flexibility index (Phi) is 4.47. The van der Waals surface area contributed by atoms with Crippen LogP contribution in [0.2, 0.25) is 0 Å². The summed E-state index contributed by atoms with van der Waals surface area (Å²) in [6.07, 6.45) is 0. The molecule has 25 heavy (non-hydrogen) atoms. The lowest BCUT2D eigenvalue weighted by atomic mass is 10.0. The molecular weight excluding hydrogens is 358 g/mol. The van der Waals surface area contributed by atoms with E-state index < -0.39 is 16.0 Å². The van der Waals surface area contributed by atoms with Crippen LogP contribution in [0.25, 0.3) is 21.6 Å². The molecule has 128 valence electrons. The largest absolute Gasteiger partial charge is 0.477 e. The van der Waals surface area contributed by atoms with Gasteiger partial charge in [-0.3, -0.25) is 0 Å². The average Bonchev–Trinajstić information content (AvgIpc) is 2.96. The molecule has 0 saturated carbocycles. The molecule has 0 spiro atoms. The molecule has 0 unspecified atom stereocenters. The Morgan fingerprint density at radius 2 is 1.64 bits per heavy atom. The van der Waals surface area contributed by atoms with Crippen molar-refractivity contribution < 1.29 is 18.3 Å². The lowest BCUT2D eigenvalue weighted by molar-refractivity contribution is 0.0702. The average molecular weight is 373 g/mol.